The average molecular weight is 267 g/mol. The van der Waals surface area contributed by atoms with Crippen molar-refractivity contribution in [3.63, 3.8) is 0 Å². The number of likely N-dealkylation sites (N-methyl/N-ethyl adjacent to an activating group) is 1. The number of amides is 1. The molecule has 7 heteroatoms. The number of carbonyl (C=O) groups excluding carboxylic acids is 1. The average Bonchev–Trinajstić information content (AvgIpc) is 2.91. The van der Waals surface area contributed by atoms with Gasteiger partial charge in [-0.1, -0.05) is 18.9 Å². The molecule has 0 radical (unpaired) electrons. The number of nitrogens with one attached hydrogen (secondary N) is 2. The molecule has 0 bridgehead atoms. The first-order valence-corrected chi connectivity index (χ1v) is 6.61. The van der Waals surface area contributed by atoms with Gasteiger partial charge in [0.15, 0.2) is 0 Å². The molecule has 1 atom stereocenters. The van der Waals surface area contributed by atoms with Crippen LogP contribution in [0.25, 0.3) is 0 Å². The van der Waals surface area contributed by atoms with Crippen molar-refractivity contribution < 1.29 is 9.21 Å². The molecular weight excluding hydrogens is 246 g/mol. The van der Waals surface area contributed by atoms with E-state index in [2.05, 4.69) is 34.7 Å². The number of aromatic nitrogens is 2. The largest absolute Gasteiger partial charge is 0.407 e. The van der Waals surface area contributed by atoms with E-state index in [1.807, 2.05) is 0 Å². The van der Waals surface area contributed by atoms with Gasteiger partial charge in [0, 0.05) is 13.6 Å². The smallest absolute Gasteiger partial charge is 0.316 e. The van der Waals surface area contributed by atoms with Gasteiger partial charge in [-0.3, -0.25) is 4.79 Å². The fourth-order valence-electron chi connectivity index (χ4n) is 1.96. The fraction of sp³-hybridized carbons (Fsp3) is 0.750. The fourth-order valence-corrected chi connectivity index (χ4v) is 1.96. The van der Waals surface area contributed by atoms with E-state index in [1.54, 1.807) is 11.9 Å². The second kappa shape index (κ2) is 6.01. The molecule has 1 fully saturated rings. The van der Waals surface area contributed by atoms with Crippen molar-refractivity contribution in [2.45, 2.75) is 32.9 Å². The summed E-state index contributed by atoms with van der Waals surface area (Å²) in [5.41, 5.74) is 0. The predicted octanol–water partition coefficient (Wildman–Crippen LogP) is 0.458. The zero-order valence-corrected chi connectivity index (χ0v) is 11.6. The third-order valence-electron chi connectivity index (χ3n) is 3.02. The van der Waals surface area contributed by atoms with Crippen LogP contribution in [0.15, 0.2) is 4.42 Å². The van der Waals surface area contributed by atoms with Crippen LogP contribution in [0.1, 0.15) is 26.2 Å². The predicted molar refractivity (Wildman–Crippen MR) is 70.5 cm³/mol. The Morgan fingerprint density at radius 2 is 2.26 bits per heavy atom. The van der Waals surface area contributed by atoms with E-state index in [1.165, 1.54) is 0 Å². The molecule has 19 heavy (non-hydrogen) atoms. The summed E-state index contributed by atoms with van der Waals surface area (Å²) in [5.74, 6) is 1.17. The summed E-state index contributed by atoms with van der Waals surface area (Å²) >= 11 is 0. The molecule has 1 aliphatic heterocycles. The van der Waals surface area contributed by atoms with Crippen molar-refractivity contribution in [1.29, 1.82) is 0 Å². The van der Waals surface area contributed by atoms with Crippen molar-refractivity contribution in [3.05, 3.63) is 5.89 Å². The van der Waals surface area contributed by atoms with Gasteiger partial charge in [-0.05, 0) is 18.9 Å². The minimum atomic E-state index is -0.248. The molecule has 0 aromatic carbocycles. The summed E-state index contributed by atoms with van der Waals surface area (Å²) in [7, 11) is 1.79. The molecule has 0 saturated carbocycles. The summed E-state index contributed by atoms with van der Waals surface area (Å²) in [6.07, 6.45) is 0.763. The quantitative estimate of drug-likeness (QED) is 0.779. The first-order chi connectivity index (χ1) is 9.06. The maximum absolute atomic E-state index is 11.7. The lowest BCUT2D eigenvalue weighted by atomic mass is 10.2. The molecule has 2 N–H and O–H groups in total. The van der Waals surface area contributed by atoms with Gasteiger partial charge in [0.05, 0.1) is 6.54 Å². The number of anilines is 1. The third-order valence-corrected chi connectivity index (χ3v) is 3.02. The molecule has 0 spiro atoms. The van der Waals surface area contributed by atoms with Gasteiger partial charge in [0.25, 0.3) is 0 Å². The molecule has 1 aromatic rings. The Morgan fingerprint density at radius 3 is 2.89 bits per heavy atom. The summed E-state index contributed by atoms with van der Waals surface area (Å²) in [4.78, 5) is 13.4. The first-order valence-electron chi connectivity index (χ1n) is 6.61. The molecule has 1 aliphatic rings. The topological polar surface area (TPSA) is 83.3 Å². The molecule has 1 amide bonds. The van der Waals surface area contributed by atoms with Crippen LogP contribution < -0.4 is 10.6 Å². The molecule has 7 nitrogen and oxygen atoms in total. The monoisotopic (exact) mass is 267 g/mol. The first kappa shape index (κ1) is 13.8. The van der Waals surface area contributed by atoms with Crippen LogP contribution in [0.2, 0.25) is 0 Å². The highest BCUT2D eigenvalue weighted by molar-refractivity contribution is 5.85. The number of rotatable bonds is 6. The molecule has 0 aliphatic carbocycles. The van der Waals surface area contributed by atoms with E-state index in [0.717, 1.165) is 19.5 Å². The van der Waals surface area contributed by atoms with E-state index in [-0.39, 0.29) is 11.9 Å². The molecule has 106 valence electrons. The highest BCUT2D eigenvalue weighted by atomic mass is 16.4. The lowest BCUT2D eigenvalue weighted by Gasteiger charge is -2.09. The number of hydrogen-bond donors (Lipinski definition) is 2. The summed E-state index contributed by atoms with van der Waals surface area (Å²) in [6.45, 7) is 6.47. The number of nitrogens with zero attached hydrogens (tertiary/aromatic N) is 3. The minimum absolute atomic E-state index is 0.0673. The second-order valence-electron chi connectivity index (χ2n) is 5.27. The Morgan fingerprint density at radius 1 is 1.47 bits per heavy atom. The van der Waals surface area contributed by atoms with Crippen LogP contribution in [-0.2, 0) is 11.3 Å². The Balaban J connectivity index is 1.82. The van der Waals surface area contributed by atoms with Gasteiger partial charge in [-0.2, -0.15) is 0 Å². The summed E-state index contributed by atoms with van der Waals surface area (Å²) in [6, 6.07) is 0.0666. The zero-order chi connectivity index (χ0) is 13.8. The molecule has 2 heterocycles. The van der Waals surface area contributed by atoms with Gasteiger partial charge >= 0.3 is 6.01 Å². The highest BCUT2D eigenvalue weighted by Gasteiger charge is 2.30. The standard InChI is InChI=1S/C12H21N5O2/c1-8(2)6-13-7-10-15-16-12(19-10)14-9-4-5-17(3)11(9)18/h8-9,13H,4-7H2,1-3H3,(H,14,16). The normalized spacial score (nSPS) is 19.5. The highest BCUT2D eigenvalue weighted by Crippen LogP contribution is 2.14. The maximum atomic E-state index is 11.7. The molecule has 1 saturated heterocycles. The lowest BCUT2D eigenvalue weighted by Crippen LogP contribution is -2.31. The van der Waals surface area contributed by atoms with E-state index in [0.29, 0.717) is 24.4 Å². The van der Waals surface area contributed by atoms with Gasteiger partial charge in [-0.25, -0.2) is 0 Å². The molecular formula is C12H21N5O2. The summed E-state index contributed by atoms with van der Waals surface area (Å²) < 4.78 is 5.44. The third kappa shape index (κ3) is 3.66. The maximum Gasteiger partial charge on any atom is 0.316 e. The van der Waals surface area contributed by atoms with Gasteiger partial charge < -0.3 is 20.0 Å². The molecule has 1 aromatic heterocycles. The molecule has 1 unspecified atom stereocenters. The van der Waals surface area contributed by atoms with Crippen LogP contribution in [-0.4, -0.2) is 47.2 Å². The number of hydrogen-bond acceptors (Lipinski definition) is 6. The van der Waals surface area contributed by atoms with Gasteiger partial charge in [0.2, 0.25) is 11.8 Å². The van der Waals surface area contributed by atoms with E-state index >= 15 is 0 Å². The Hall–Kier alpha value is -1.63. The van der Waals surface area contributed by atoms with Crippen molar-refractivity contribution in [1.82, 2.24) is 20.4 Å². The second-order valence-corrected chi connectivity index (χ2v) is 5.27. The lowest BCUT2D eigenvalue weighted by molar-refractivity contribution is -0.127. The van der Waals surface area contributed by atoms with Crippen molar-refractivity contribution in [3.8, 4) is 0 Å². The van der Waals surface area contributed by atoms with Crippen LogP contribution >= 0.6 is 0 Å². The van der Waals surface area contributed by atoms with Gasteiger partial charge in [-0.15, -0.1) is 5.10 Å². The SMILES string of the molecule is CC(C)CNCc1nnc(NC2CCN(C)C2=O)o1. The van der Waals surface area contributed by atoms with E-state index in [4.69, 9.17) is 4.42 Å². The van der Waals surface area contributed by atoms with Crippen molar-refractivity contribution in [2.75, 3.05) is 25.5 Å². The van der Waals surface area contributed by atoms with E-state index < -0.39 is 0 Å². The van der Waals surface area contributed by atoms with Crippen molar-refractivity contribution >= 4 is 11.9 Å². The number of likely N-dealkylation sites (tertiary alicyclic amines) is 1. The van der Waals surface area contributed by atoms with Crippen LogP contribution in [0.4, 0.5) is 6.01 Å². The zero-order valence-electron chi connectivity index (χ0n) is 11.6. The van der Waals surface area contributed by atoms with E-state index in [9.17, 15) is 4.79 Å². The molecule has 2 rings (SSSR count). The van der Waals surface area contributed by atoms with Crippen LogP contribution in [0.3, 0.4) is 0 Å². The Kier molecular flexibility index (Phi) is 4.36. The van der Waals surface area contributed by atoms with Gasteiger partial charge in [0.1, 0.15) is 6.04 Å². The minimum Gasteiger partial charge on any atom is -0.407 e. The van der Waals surface area contributed by atoms with Crippen LogP contribution in [0, 0.1) is 5.92 Å². The van der Waals surface area contributed by atoms with Crippen LogP contribution in [0.5, 0.6) is 0 Å². The Labute approximate surface area is 112 Å². The summed E-state index contributed by atoms with van der Waals surface area (Å²) in [5, 5.41) is 14.0. The van der Waals surface area contributed by atoms with Crippen molar-refractivity contribution in [2.24, 2.45) is 5.92 Å². The number of carbonyl (C=O) groups is 1. The Bertz CT molecular complexity index is 432.